The molecule has 2 unspecified atom stereocenters. The van der Waals surface area contributed by atoms with Crippen LogP contribution in [0.5, 0.6) is 0 Å². The van der Waals surface area contributed by atoms with Crippen molar-refractivity contribution in [3.05, 3.63) is 35.6 Å². The summed E-state index contributed by atoms with van der Waals surface area (Å²) in [6.45, 7) is 1.75. The van der Waals surface area contributed by atoms with E-state index >= 15 is 0 Å². The molecular formula is C13H17FN2O3. The molecule has 0 saturated carbocycles. The molecule has 1 aromatic carbocycles. The van der Waals surface area contributed by atoms with E-state index in [1.54, 1.807) is 19.1 Å². The highest BCUT2D eigenvalue weighted by atomic mass is 19.1. The number of carboxylic acids is 1. The monoisotopic (exact) mass is 268 g/mol. The van der Waals surface area contributed by atoms with E-state index in [-0.39, 0.29) is 24.7 Å². The lowest BCUT2D eigenvalue weighted by molar-refractivity contribution is -0.137. The van der Waals surface area contributed by atoms with Crippen LogP contribution in [0.1, 0.15) is 31.4 Å². The maximum Gasteiger partial charge on any atom is 0.303 e. The second-order valence-electron chi connectivity index (χ2n) is 4.32. The Bertz CT molecular complexity index is 448. The summed E-state index contributed by atoms with van der Waals surface area (Å²) in [5.74, 6) is -1.76. The minimum Gasteiger partial charge on any atom is -0.481 e. The van der Waals surface area contributed by atoms with Crippen LogP contribution in [-0.2, 0) is 9.59 Å². The summed E-state index contributed by atoms with van der Waals surface area (Å²) in [5, 5.41) is 11.2. The van der Waals surface area contributed by atoms with Gasteiger partial charge in [-0.2, -0.15) is 0 Å². The highest BCUT2D eigenvalue weighted by molar-refractivity contribution is 5.82. The van der Waals surface area contributed by atoms with Gasteiger partial charge in [-0.05, 0) is 31.0 Å². The van der Waals surface area contributed by atoms with Crippen LogP contribution in [0, 0.1) is 5.82 Å². The predicted molar refractivity (Wildman–Crippen MR) is 67.8 cm³/mol. The smallest absolute Gasteiger partial charge is 0.303 e. The first-order valence-corrected chi connectivity index (χ1v) is 5.93. The van der Waals surface area contributed by atoms with Crippen LogP contribution in [0.2, 0.25) is 0 Å². The van der Waals surface area contributed by atoms with Gasteiger partial charge in [-0.15, -0.1) is 0 Å². The van der Waals surface area contributed by atoms with E-state index in [9.17, 15) is 14.0 Å². The van der Waals surface area contributed by atoms with Crippen molar-refractivity contribution in [1.29, 1.82) is 0 Å². The zero-order valence-electron chi connectivity index (χ0n) is 10.6. The predicted octanol–water partition coefficient (Wildman–Crippen LogP) is 1.19. The lowest BCUT2D eigenvalue weighted by Crippen LogP contribution is -2.41. The number of rotatable bonds is 6. The van der Waals surface area contributed by atoms with Gasteiger partial charge in [0.1, 0.15) is 5.82 Å². The van der Waals surface area contributed by atoms with Gasteiger partial charge >= 0.3 is 5.97 Å². The van der Waals surface area contributed by atoms with Gasteiger partial charge in [0.05, 0.1) is 12.1 Å². The molecule has 0 aliphatic heterocycles. The maximum atomic E-state index is 12.8. The molecule has 0 bridgehead atoms. The molecule has 5 nitrogen and oxygen atoms in total. The highest BCUT2D eigenvalue weighted by Crippen LogP contribution is 2.13. The first kappa shape index (κ1) is 15.1. The molecule has 1 aromatic rings. The first-order chi connectivity index (χ1) is 8.90. The van der Waals surface area contributed by atoms with E-state index < -0.39 is 17.9 Å². The third-order valence-electron chi connectivity index (χ3n) is 2.73. The van der Waals surface area contributed by atoms with Gasteiger partial charge in [0.15, 0.2) is 0 Å². The number of aliphatic carboxylic acids is 1. The zero-order valence-corrected chi connectivity index (χ0v) is 10.6. The van der Waals surface area contributed by atoms with Crippen molar-refractivity contribution in [2.75, 3.05) is 0 Å². The number of amides is 1. The summed E-state index contributed by atoms with van der Waals surface area (Å²) in [4.78, 5) is 22.1. The number of carbonyl (C=O) groups is 2. The van der Waals surface area contributed by atoms with Gasteiger partial charge in [0.25, 0.3) is 0 Å². The van der Waals surface area contributed by atoms with Crippen LogP contribution in [0.4, 0.5) is 4.39 Å². The molecule has 0 aromatic heterocycles. The van der Waals surface area contributed by atoms with Crippen LogP contribution in [0.25, 0.3) is 0 Å². The van der Waals surface area contributed by atoms with Gasteiger partial charge in [0.2, 0.25) is 5.91 Å². The van der Waals surface area contributed by atoms with Crippen LogP contribution >= 0.6 is 0 Å². The van der Waals surface area contributed by atoms with Gasteiger partial charge in [-0.25, -0.2) is 4.39 Å². The molecular weight excluding hydrogens is 251 g/mol. The van der Waals surface area contributed by atoms with Crippen molar-refractivity contribution in [1.82, 2.24) is 5.32 Å². The van der Waals surface area contributed by atoms with E-state index in [0.717, 1.165) is 5.56 Å². The van der Waals surface area contributed by atoms with Gasteiger partial charge in [0, 0.05) is 6.42 Å². The normalized spacial score (nSPS) is 13.6. The number of carbonyl (C=O) groups excluding carboxylic acids is 1. The molecule has 4 N–H and O–H groups in total. The molecule has 0 aliphatic carbocycles. The molecule has 104 valence electrons. The maximum absolute atomic E-state index is 12.8. The number of hydrogen-bond acceptors (Lipinski definition) is 3. The fourth-order valence-electron chi connectivity index (χ4n) is 1.57. The summed E-state index contributed by atoms with van der Waals surface area (Å²) in [6, 6.07) is 4.58. The third kappa shape index (κ3) is 5.05. The average Bonchev–Trinajstić information content (AvgIpc) is 2.36. The topological polar surface area (TPSA) is 92.4 Å². The van der Waals surface area contributed by atoms with Gasteiger partial charge in [-0.3, -0.25) is 9.59 Å². The fourth-order valence-corrected chi connectivity index (χ4v) is 1.57. The summed E-state index contributed by atoms with van der Waals surface area (Å²) >= 11 is 0. The van der Waals surface area contributed by atoms with E-state index in [4.69, 9.17) is 10.8 Å². The lowest BCUT2D eigenvalue weighted by atomic mass is 10.1. The third-order valence-corrected chi connectivity index (χ3v) is 2.73. The number of carboxylic acid groups (broad SMARTS) is 1. The van der Waals surface area contributed by atoms with Crippen molar-refractivity contribution in [2.24, 2.45) is 5.73 Å². The first-order valence-electron chi connectivity index (χ1n) is 5.93. The largest absolute Gasteiger partial charge is 0.481 e. The Labute approximate surface area is 110 Å². The lowest BCUT2D eigenvalue weighted by Gasteiger charge is -2.17. The molecule has 1 rings (SSSR count). The second-order valence-corrected chi connectivity index (χ2v) is 4.32. The van der Waals surface area contributed by atoms with E-state index in [0.29, 0.717) is 0 Å². The molecule has 0 aliphatic rings. The van der Waals surface area contributed by atoms with E-state index in [1.807, 2.05) is 0 Å². The molecule has 19 heavy (non-hydrogen) atoms. The van der Waals surface area contributed by atoms with Crippen molar-refractivity contribution in [3.63, 3.8) is 0 Å². The Morgan fingerprint density at radius 1 is 1.37 bits per heavy atom. The van der Waals surface area contributed by atoms with Crippen molar-refractivity contribution in [2.45, 2.75) is 31.8 Å². The molecule has 2 atom stereocenters. The summed E-state index contributed by atoms with van der Waals surface area (Å²) in [6.07, 6.45) is -0.0726. The minimum atomic E-state index is -0.991. The Morgan fingerprint density at radius 2 is 1.95 bits per heavy atom. The van der Waals surface area contributed by atoms with Crippen LogP contribution in [0.15, 0.2) is 24.3 Å². The Hall–Kier alpha value is -1.95. The fraction of sp³-hybridized carbons (Fsp3) is 0.385. The van der Waals surface area contributed by atoms with Crippen LogP contribution in [0.3, 0.4) is 0 Å². The number of halogens is 1. The summed E-state index contributed by atoms with van der Waals surface area (Å²) in [7, 11) is 0. The standard InChI is InChI=1S/C13H17FN2O3/c1-8(9-2-4-10(14)5-3-9)16-13(19)11(15)6-7-12(17)18/h2-5,8,11H,6-7,15H2,1H3,(H,16,19)(H,17,18). The molecule has 0 radical (unpaired) electrons. The van der Waals surface area contributed by atoms with Crippen molar-refractivity contribution < 1.29 is 19.1 Å². The summed E-state index contributed by atoms with van der Waals surface area (Å²) in [5.41, 5.74) is 6.33. The minimum absolute atomic E-state index is 0.0807. The molecule has 0 heterocycles. The molecule has 0 fully saturated rings. The molecule has 0 saturated heterocycles. The van der Waals surface area contributed by atoms with Crippen LogP contribution in [-0.4, -0.2) is 23.0 Å². The number of nitrogens with one attached hydrogen (secondary N) is 1. The quantitative estimate of drug-likeness (QED) is 0.722. The molecule has 0 spiro atoms. The highest BCUT2D eigenvalue weighted by Gasteiger charge is 2.17. The van der Waals surface area contributed by atoms with Crippen LogP contribution < -0.4 is 11.1 Å². The zero-order chi connectivity index (χ0) is 14.4. The second kappa shape index (κ2) is 6.84. The van der Waals surface area contributed by atoms with E-state index in [2.05, 4.69) is 5.32 Å². The van der Waals surface area contributed by atoms with Crippen molar-refractivity contribution in [3.8, 4) is 0 Å². The Kier molecular flexibility index (Phi) is 5.44. The van der Waals surface area contributed by atoms with Gasteiger partial charge in [-0.1, -0.05) is 12.1 Å². The van der Waals surface area contributed by atoms with Crippen molar-refractivity contribution >= 4 is 11.9 Å². The molecule has 1 amide bonds. The number of nitrogens with two attached hydrogens (primary N) is 1. The van der Waals surface area contributed by atoms with E-state index in [1.165, 1.54) is 12.1 Å². The number of hydrogen-bond donors (Lipinski definition) is 3. The SMILES string of the molecule is CC(NC(=O)C(N)CCC(=O)O)c1ccc(F)cc1. The number of benzene rings is 1. The Morgan fingerprint density at radius 3 is 2.47 bits per heavy atom. The van der Waals surface area contributed by atoms with Gasteiger partial charge < -0.3 is 16.2 Å². The average molecular weight is 268 g/mol. The molecule has 6 heteroatoms. The Balaban J connectivity index is 2.51. The summed E-state index contributed by atoms with van der Waals surface area (Å²) < 4.78 is 12.8.